The average Bonchev–Trinajstić information content (AvgIpc) is 2.76. The molecular formula is C21H31ClN2O7S. The van der Waals surface area contributed by atoms with Crippen LogP contribution in [0.2, 0.25) is 5.02 Å². The third-order valence-corrected chi connectivity index (χ3v) is 6.68. The monoisotopic (exact) mass is 490 g/mol. The van der Waals surface area contributed by atoms with Gasteiger partial charge in [-0.15, -0.1) is 0 Å². The molecule has 1 heterocycles. The molecule has 180 valence electrons. The molecule has 0 aromatic heterocycles. The highest BCUT2D eigenvalue weighted by Gasteiger charge is 2.27. The second-order valence-electron chi connectivity index (χ2n) is 7.61. The number of hydrogen-bond donors (Lipinski definition) is 3. The number of amides is 1. The van der Waals surface area contributed by atoms with Gasteiger partial charge in [0.1, 0.15) is 6.04 Å². The van der Waals surface area contributed by atoms with Crippen molar-refractivity contribution in [3.63, 3.8) is 0 Å². The molecule has 0 aliphatic carbocycles. The maximum atomic E-state index is 12.7. The summed E-state index contributed by atoms with van der Waals surface area (Å²) < 4.78 is 39.1. The lowest BCUT2D eigenvalue weighted by atomic mass is 10.1. The summed E-state index contributed by atoms with van der Waals surface area (Å²) in [7, 11) is -3.97. The van der Waals surface area contributed by atoms with Gasteiger partial charge >= 0.3 is 5.97 Å². The third kappa shape index (κ3) is 9.83. The van der Waals surface area contributed by atoms with Crippen LogP contribution in [0, 0.1) is 0 Å². The number of carbonyl (C=O) groups excluding carboxylic acids is 1. The normalized spacial score (nSPS) is 17.6. The summed E-state index contributed by atoms with van der Waals surface area (Å²) in [6.07, 6.45) is 5.00. The topological polar surface area (TPSA) is 131 Å². The summed E-state index contributed by atoms with van der Waals surface area (Å²) in [4.78, 5) is 23.2. The molecule has 1 aromatic rings. The van der Waals surface area contributed by atoms with Crippen molar-refractivity contribution >= 4 is 33.5 Å². The van der Waals surface area contributed by atoms with Gasteiger partial charge in [-0.05, 0) is 56.4 Å². The Bertz CT molecular complexity index is 827. The fourth-order valence-electron chi connectivity index (χ4n) is 3.17. The highest BCUT2D eigenvalue weighted by atomic mass is 35.5. The van der Waals surface area contributed by atoms with E-state index < -0.39 is 34.2 Å². The maximum absolute atomic E-state index is 12.7. The number of aliphatic carboxylic acids is 1. The number of nitrogens with one attached hydrogen (secondary N) is 2. The Morgan fingerprint density at radius 1 is 1.16 bits per heavy atom. The molecule has 1 aromatic carbocycles. The Morgan fingerprint density at radius 2 is 1.88 bits per heavy atom. The predicted molar refractivity (Wildman–Crippen MR) is 119 cm³/mol. The maximum Gasteiger partial charge on any atom is 0.303 e. The molecule has 9 nitrogen and oxygen atoms in total. The van der Waals surface area contributed by atoms with E-state index in [-0.39, 0.29) is 17.9 Å². The fourth-order valence-corrected chi connectivity index (χ4v) is 4.47. The van der Waals surface area contributed by atoms with Crippen molar-refractivity contribution in [1.82, 2.24) is 10.0 Å². The van der Waals surface area contributed by atoms with Crippen molar-refractivity contribution < 1.29 is 32.6 Å². The zero-order valence-electron chi connectivity index (χ0n) is 17.9. The van der Waals surface area contributed by atoms with E-state index in [2.05, 4.69) is 10.0 Å². The van der Waals surface area contributed by atoms with Crippen LogP contribution in [0.25, 0.3) is 0 Å². The van der Waals surface area contributed by atoms with Crippen molar-refractivity contribution in [2.75, 3.05) is 19.8 Å². The molecule has 2 unspecified atom stereocenters. The summed E-state index contributed by atoms with van der Waals surface area (Å²) in [5, 5.41) is 11.8. The smallest absolute Gasteiger partial charge is 0.303 e. The summed E-state index contributed by atoms with van der Waals surface area (Å²) in [5.41, 5.74) is 0. The summed E-state index contributed by atoms with van der Waals surface area (Å²) in [6, 6.07) is 4.52. The molecule has 1 fully saturated rings. The lowest BCUT2D eigenvalue weighted by Gasteiger charge is -2.25. The Labute approximate surface area is 193 Å². The molecule has 1 aliphatic rings. The summed E-state index contributed by atoms with van der Waals surface area (Å²) in [5.74, 6) is -1.32. The van der Waals surface area contributed by atoms with E-state index in [1.165, 1.54) is 24.3 Å². The van der Waals surface area contributed by atoms with Crippen LogP contribution in [0.3, 0.4) is 0 Å². The van der Waals surface area contributed by atoms with Gasteiger partial charge in [-0.1, -0.05) is 24.4 Å². The summed E-state index contributed by atoms with van der Waals surface area (Å²) in [6.45, 7) is 0.757. The van der Waals surface area contributed by atoms with Crippen LogP contribution in [0.1, 0.15) is 51.4 Å². The van der Waals surface area contributed by atoms with Gasteiger partial charge in [-0.3, -0.25) is 9.59 Å². The van der Waals surface area contributed by atoms with Crippen molar-refractivity contribution in [3.8, 4) is 0 Å². The Kier molecular flexibility index (Phi) is 11.4. The van der Waals surface area contributed by atoms with Gasteiger partial charge in [0, 0.05) is 24.6 Å². The first-order valence-corrected chi connectivity index (χ1v) is 12.6. The zero-order chi connectivity index (χ0) is 23.4. The van der Waals surface area contributed by atoms with Gasteiger partial charge in [-0.25, -0.2) is 8.42 Å². The Balaban J connectivity index is 1.91. The number of benzene rings is 1. The number of hydrogen-bond acceptors (Lipinski definition) is 6. The van der Waals surface area contributed by atoms with Crippen molar-refractivity contribution in [3.05, 3.63) is 29.3 Å². The zero-order valence-corrected chi connectivity index (χ0v) is 19.5. The molecule has 0 bridgehead atoms. The van der Waals surface area contributed by atoms with Gasteiger partial charge in [0.15, 0.2) is 6.29 Å². The second-order valence-corrected chi connectivity index (χ2v) is 9.76. The lowest BCUT2D eigenvalue weighted by Crippen LogP contribution is -2.50. The number of carboxylic acid groups (broad SMARTS) is 1. The van der Waals surface area contributed by atoms with E-state index in [0.29, 0.717) is 37.4 Å². The van der Waals surface area contributed by atoms with Crippen LogP contribution in [0.15, 0.2) is 29.2 Å². The van der Waals surface area contributed by atoms with Gasteiger partial charge in [0.2, 0.25) is 15.9 Å². The first-order valence-electron chi connectivity index (χ1n) is 10.8. The van der Waals surface area contributed by atoms with Crippen LogP contribution in [-0.4, -0.2) is 57.5 Å². The molecule has 1 aliphatic heterocycles. The van der Waals surface area contributed by atoms with Crippen LogP contribution < -0.4 is 10.0 Å². The van der Waals surface area contributed by atoms with Crippen LogP contribution in [0.5, 0.6) is 0 Å². The molecule has 0 radical (unpaired) electrons. The number of unbranched alkanes of at least 4 members (excludes halogenated alkanes) is 3. The first-order chi connectivity index (χ1) is 15.3. The molecule has 0 saturated carbocycles. The second kappa shape index (κ2) is 13.7. The number of carbonyl (C=O) groups is 2. The molecule has 1 amide bonds. The number of rotatable bonds is 14. The van der Waals surface area contributed by atoms with Crippen molar-refractivity contribution in [2.24, 2.45) is 0 Å². The van der Waals surface area contributed by atoms with Gasteiger partial charge in [-0.2, -0.15) is 4.72 Å². The molecular weight excluding hydrogens is 460 g/mol. The predicted octanol–water partition coefficient (Wildman–Crippen LogP) is 2.68. The first kappa shape index (κ1) is 26.5. The van der Waals surface area contributed by atoms with E-state index in [1.54, 1.807) is 0 Å². The minimum absolute atomic E-state index is 0.00736. The average molecular weight is 491 g/mol. The molecule has 2 rings (SSSR count). The van der Waals surface area contributed by atoms with E-state index in [4.69, 9.17) is 26.2 Å². The summed E-state index contributed by atoms with van der Waals surface area (Å²) >= 11 is 5.83. The quantitative estimate of drug-likeness (QED) is 0.341. The van der Waals surface area contributed by atoms with E-state index in [0.717, 1.165) is 25.7 Å². The van der Waals surface area contributed by atoms with Crippen LogP contribution in [-0.2, 0) is 29.1 Å². The minimum atomic E-state index is -3.97. The van der Waals surface area contributed by atoms with Gasteiger partial charge < -0.3 is 19.9 Å². The largest absolute Gasteiger partial charge is 0.481 e. The van der Waals surface area contributed by atoms with Crippen molar-refractivity contribution in [1.29, 1.82) is 0 Å². The number of sulfonamides is 1. The molecule has 1 saturated heterocycles. The standard InChI is InChI=1S/C21H31ClN2O7S/c22-16-9-11-17(12-10-16)32(28,29)24-18(15-31-20-8-4-6-14-30-20)21(27)23-13-5-2-1-3-7-19(25)26/h9-12,18,20,24H,1-8,13-15H2,(H,23,27)(H,25,26). The third-order valence-electron chi connectivity index (χ3n) is 4.94. The van der Waals surface area contributed by atoms with Crippen LogP contribution in [0.4, 0.5) is 0 Å². The highest BCUT2D eigenvalue weighted by Crippen LogP contribution is 2.16. The van der Waals surface area contributed by atoms with Crippen LogP contribution >= 0.6 is 11.6 Å². The highest BCUT2D eigenvalue weighted by molar-refractivity contribution is 7.89. The number of carboxylic acids is 1. The van der Waals surface area contributed by atoms with E-state index >= 15 is 0 Å². The molecule has 3 N–H and O–H groups in total. The van der Waals surface area contributed by atoms with Gasteiger partial charge in [0.25, 0.3) is 0 Å². The lowest BCUT2D eigenvalue weighted by molar-refractivity contribution is -0.167. The van der Waals surface area contributed by atoms with E-state index in [9.17, 15) is 18.0 Å². The molecule has 11 heteroatoms. The van der Waals surface area contributed by atoms with E-state index in [1.807, 2.05) is 0 Å². The Hall–Kier alpha value is -1.72. The number of ether oxygens (including phenoxy) is 2. The SMILES string of the molecule is O=C(O)CCCCCCNC(=O)C(COC1CCCCO1)NS(=O)(=O)c1ccc(Cl)cc1. The molecule has 0 spiro atoms. The number of halogens is 1. The fraction of sp³-hybridized carbons (Fsp3) is 0.619. The minimum Gasteiger partial charge on any atom is -0.481 e. The van der Waals surface area contributed by atoms with Gasteiger partial charge in [0.05, 0.1) is 11.5 Å². The van der Waals surface area contributed by atoms with Crippen molar-refractivity contribution in [2.45, 2.75) is 68.6 Å². The Morgan fingerprint density at radius 3 is 2.53 bits per heavy atom. The molecule has 2 atom stereocenters. The molecule has 32 heavy (non-hydrogen) atoms.